The number of halogens is 1. The van der Waals surface area contributed by atoms with Crippen molar-refractivity contribution in [3.8, 4) is 0 Å². The predicted molar refractivity (Wildman–Crippen MR) is 109 cm³/mol. The smallest absolute Gasteiger partial charge is 0.356 e. The molecule has 1 aromatic heterocycles. The van der Waals surface area contributed by atoms with Crippen molar-refractivity contribution in [2.75, 3.05) is 0 Å². The van der Waals surface area contributed by atoms with Gasteiger partial charge in [0.25, 0.3) is 0 Å². The van der Waals surface area contributed by atoms with E-state index in [1.54, 1.807) is 30.3 Å². The zero-order valence-corrected chi connectivity index (χ0v) is 19.1. The van der Waals surface area contributed by atoms with Crippen molar-refractivity contribution in [2.45, 2.75) is 17.5 Å². The summed E-state index contributed by atoms with van der Waals surface area (Å²) < 4.78 is 26.0. The maximum absolute atomic E-state index is 12.5. The number of benzene rings is 1. The van der Waals surface area contributed by atoms with E-state index in [1.807, 2.05) is 0 Å². The van der Waals surface area contributed by atoms with Crippen molar-refractivity contribution in [1.29, 1.82) is 0 Å². The number of carbonyl (C=O) groups is 2. The van der Waals surface area contributed by atoms with Gasteiger partial charge < -0.3 is 5.11 Å². The van der Waals surface area contributed by atoms with Gasteiger partial charge in [0, 0.05) is 6.20 Å². The third-order valence-corrected chi connectivity index (χ3v) is 8.46. The monoisotopic (exact) mass is 543 g/mol. The largest absolute Gasteiger partial charge is 0.476 e. The summed E-state index contributed by atoms with van der Waals surface area (Å²) in [7, 11) is 0. The van der Waals surface area contributed by atoms with E-state index in [0.29, 0.717) is 11.3 Å². The van der Waals surface area contributed by atoms with Crippen LogP contribution in [0.15, 0.2) is 64.9 Å². The molecule has 1 aliphatic carbocycles. The predicted octanol–water partition coefficient (Wildman–Crippen LogP) is 2.17. The number of amides is 1. The molecule has 1 aromatic carbocycles. The second kappa shape index (κ2) is 10.1. The number of aromatic carboxylic acids is 1. The fraction of sp³-hybridized carbons (Fsp3) is 0.167. The van der Waals surface area contributed by atoms with Gasteiger partial charge in [0.15, 0.2) is 5.69 Å². The third-order valence-electron chi connectivity index (χ3n) is 4.15. The van der Waals surface area contributed by atoms with Gasteiger partial charge in [0.05, 0.1) is 0 Å². The molecule has 2 atom stereocenters. The van der Waals surface area contributed by atoms with Crippen LogP contribution in [0.1, 0.15) is 29.4 Å². The second-order valence-corrected chi connectivity index (χ2v) is 11.3. The first-order valence-electron chi connectivity index (χ1n) is 8.43. The summed E-state index contributed by atoms with van der Waals surface area (Å²) in [6.45, 7) is 1.38. The Kier molecular flexibility index (Phi) is 7.99. The van der Waals surface area contributed by atoms with Gasteiger partial charge >= 0.3 is 145 Å². The average Bonchev–Trinajstić information content (AvgIpc) is 3.24. The Balaban J connectivity index is 0.000000335. The Morgan fingerprint density at radius 2 is 2.10 bits per heavy atom. The molecule has 10 nitrogen and oxygen atoms in total. The van der Waals surface area contributed by atoms with E-state index in [0.717, 1.165) is 4.47 Å². The Labute approximate surface area is 182 Å². The number of carbonyl (C=O) groups excluding carboxylic acids is 1. The number of allylic oxidation sites excluding steroid dienone is 3. The van der Waals surface area contributed by atoms with Gasteiger partial charge in [-0.2, -0.15) is 5.10 Å². The number of hydrogen-bond acceptors (Lipinski definition) is 6. The maximum atomic E-state index is 12.5. The third kappa shape index (κ3) is 5.58. The van der Waals surface area contributed by atoms with E-state index in [4.69, 9.17) is 10.4 Å². The van der Waals surface area contributed by atoms with Crippen LogP contribution < -0.4 is 5.32 Å². The Morgan fingerprint density at radius 3 is 2.53 bits per heavy atom. The molecule has 0 aliphatic heterocycles. The standard InChI is InChI=1S/C14H15AsBrNO5.C4H4N2O2/c1-10(18)17-13-5-7-14(8-6-13,15(19,20)22-21)11-3-2-4-12(16)9-11;7-4(8)3-1-2-5-6-3/h2-7,9,21H,8H2,1H3,(H,17,18)(H,19,20);1-2H,(H,5,6)(H,7,8). The number of rotatable bonds is 5. The van der Waals surface area contributed by atoms with Crippen molar-refractivity contribution in [2.24, 2.45) is 0 Å². The molecule has 1 heterocycles. The molecule has 0 spiro atoms. The normalized spacial score (nSPS) is 19.7. The quantitative estimate of drug-likeness (QED) is 0.218. The van der Waals surface area contributed by atoms with Gasteiger partial charge in [-0.1, -0.05) is 0 Å². The molecule has 2 aromatic rings. The van der Waals surface area contributed by atoms with Gasteiger partial charge in [-0.15, -0.1) is 0 Å². The molecule has 0 saturated carbocycles. The van der Waals surface area contributed by atoms with Crippen molar-refractivity contribution >= 4 is 42.0 Å². The maximum Gasteiger partial charge on any atom is 0.356 e. The number of H-pyrrole nitrogens is 1. The molecule has 0 radical (unpaired) electrons. The van der Waals surface area contributed by atoms with Crippen molar-refractivity contribution < 1.29 is 31.7 Å². The summed E-state index contributed by atoms with van der Waals surface area (Å²) in [5.74, 6) is -1.24. The molecular weight excluding hydrogens is 525 g/mol. The molecule has 30 heavy (non-hydrogen) atoms. The van der Waals surface area contributed by atoms with Crippen LogP contribution in [0.3, 0.4) is 0 Å². The number of hydrogen-bond donors (Lipinski definition) is 5. The molecular formula is C18H19AsBrN3O7. The van der Waals surface area contributed by atoms with Gasteiger partial charge in [0.1, 0.15) is 0 Å². The van der Waals surface area contributed by atoms with Crippen LogP contribution in [0.5, 0.6) is 0 Å². The summed E-state index contributed by atoms with van der Waals surface area (Å²) in [5, 5.41) is 25.5. The minimum Gasteiger partial charge on any atom is -0.476 e. The first-order chi connectivity index (χ1) is 14.1. The van der Waals surface area contributed by atoms with E-state index < -0.39 is 24.3 Å². The summed E-state index contributed by atoms with van der Waals surface area (Å²) in [4.78, 5) is 21.1. The van der Waals surface area contributed by atoms with Gasteiger partial charge in [-0.3, -0.25) is 5.10 Å². The SMILES string of the molecule is CC(=O)NC1=CCC(c2cccc(Br)c2)([As](=O)(O)OO)C=C1.O=C(O)c1cc[nH]n1. The van der Waals surface area contributed by atoms with Crippen LogP contribution >= 0.6 is 15.9 Å². The van der Waals surface area contributed by atoms with Crippen LogP contribution in [0, 0.1) is 0 Å². The minimum absolute atomic E-state index is 0.0463. The fourth-order valence-corrected chi connectivity index (χ4v) is 5.63. The number of aromatic nitrogens is 2. The van der Waals surface area contributed by atoms with Crippen LogP contribution in [0.4, 0.5) is 0 Å². The van der Waals surface area contributed by atoms with Crippen LogP contribution in [0.2, 0.25) is 0 Å². The average molecular weight is 544 g/mol. The Morgan fingerprint density at radius 1 is 1.37 bits per heavy atom. The van der Waals surface area contributed by atoms with Crippen molar-refractivity contribution in [3.05, 3.63) is 76.2 Å². The molecule has 0 fully saturated rings. The first kappa shape index (κ1) is 23.8. The number of nitrogens with one attached hydrogen (secondary N) is 2. The summed E-state index contributed by atoms with van der Waals surface area (Å²) in [5.41, 5.74) is 1.12. The molecule has 0 bridgehead atoms. The molecule has 1 amide bonds. The summed E-state index contributed by atoms with van der Waals surface area (Å²) in [6, 6.07) is 8.30. The molecule has 160 valence electrons. The zero-order valence-electron chi connectivity index (χ0n) is 15.7. The summed E-state index contributed by atoms with van der Waals surface area (Å²) in [6.07, 6.45) is 6.24. The van der Waals surface area contributed by atoms with Gasteiger partial charge in [-0.25, -0.2) is 4.79 Å². The van der Waals surface area contributed by atoms with Crippen LogP contribution in [0.25, 0.3) is 0 Å². The Hall–Kier alpha value is -2.43. The van der Waals surface area contributed by atoms with Crippen molar-refractivity contribution in [1.82, 2.24) is 15.5 Å². The molecule has 12 heteroatoms. The first-order valence-corrected chi connectivity index (χ1v) is 12.5. The van der Waals surface area contributed by atoms with E-state index in [9.17, 15) is 17.4 Å². The topological polar surface area (TPSA) is 162 Å². The van der Waals surface area contributed by atoms with E-state index in [-0.39, 0.29) is 18.0 Å². The van der Waals surface area contributed by atoms with Crippen LogP contribution in [-0.2, 0) is 16.6 Å². The molecule has 1 aliphatic rings. The molecule has 2 unspecified atom stereocenters. The van der Waals surface area contributed by atoms with Crippen LogP contribution in [-0.4, -0.2) is 50.7 Å². The zero-order chi connectivity index (χ0) is 22.4. The molecule has 0 saturated heterocycles. The van der Waals surface area contributed by atoms with E-state index in [2.05, 4.69) is 35.3 Å². The van der Waals surface area contributed by atoms with Crippen molar-refractivity contribution in [3.63, 3.8) is 0 Å². The Bertz CT molecular complexity index is 1020. The molecule has 3 rings (SSSR count). The minimum atomic E-state index is -5.11. The van der Waals surface area contributed by atoms with E-state index >= 15 is 0 Å². The number of nitrogens with zero attached hydrogens (tertiary/aromatic N) is 1. The van der Waals surface area contributed by atoms with Gasteiger partial charge in [-0.05, 0) is 6.07 Å². The summed E-state index contributed by atoms with van der Waals surface area (Å²) >= 11 is -1.79. The number of carboxylic acids is 1. The number of aromatic amines is 1. The van der Waals surface area contributed by atoms with E-state index in [1.165, 1.54) is 31.3 Å². The fourth-order valence-electron chi connectivity index (χ4n) is 2.72. The number of carboxylic acid groups (broad SMARTS) is 1. The second-order valence-electron chi connectivity index (χ2n) is 6.18. The molecule has 5 N–H and O–H groups in total. The van der Waals surface area contributed by atoms with Gasteiger partial charge in [0.2, 0.25) is 0 Å².